The van der Waals surface area contributed by atoms with Crippen LogP contribution in [0.1, 0.15) is 11.3 Å². The number of aromatic nitrogens is 3. The highest BCUT2D eigenvalue weighted by molar-refractivity contribution is 5.84. The second kappa shape index (κ2) is 3.70. The maximum absolute atomic E-state index is 3.89. The first-order valence-electron chi connectivity index (χ1n) is 5.16. The lowest BCUT2D eigenvalue weighted by Gasteiger charge is -1.85. The van der Waals surface area contributed by atoms with Crippen LogP contribution in [0.4, 0.5) is 0 Å². The first-order valence-corrected chi connectivity index (χ1v) is 5.16. The Morgan fingerprint density at radius 3 is 2.88 bits per heavy atom. The molecule has 2 aromatic heterocycles. The SMILES string of the molecule is C(=C\c1cc2ccccc2[nH]1)/c1cn[nH]c1. The van der Waals surface area contributed by atoms with Crippen molar-refractivity contribution in [3.63, 3.8) is 0 Å². The van der Waals surface area contributed by atoms with Crippen LogP contribution in [0.15, 0.2) is 42.7 Å². The summed E-state index contributed by atoms with van der Waals surface area (Å²) in [6.45, 7) is 0. The van der Waals surface area contributed by atoms with E-state index in [1.54, 1.807) is 6.20 Å². The summed E-state index contributed by atoms with van der Waals surface area (Å²) in [5.41, 5.74) is 3.33. The van der Waals surface area contributed by atoms with Crippen LogP contribution in [0.25, 0.3) is 23.1 Å². The molecule has 2 heterocycles. The van der Waals surface area contributed by atoms with Crippen molar-refractivity contribution in [3.8, 4) is 0 Å². The molecule has 0 unspecified atom stereocenters. The van der Waals surface area contributed by atoms with Crippen molar-refractivity contribution in [1.82, 2.24) is 15.2 Å². The van der Waals surface area contributed by atoms with Crippen molar-refractivity contribution in [3.05, 3.63) is 54.0 Å². The average Bonchev–Trinajstić information content (AvgIpc) is 2.95. The van der Waals surface area contributed by atoms with Gasteiger partial charge in [0.25, 0.3) is 0 Å². The van der Waals surface area contributed by atoms with Crippen molar-refractivity contribution in [2.45, 2.75) is 0 Å². The third-order valence-corrected chi connectivity index (χ3v) is 2.53. The molecule has 0 radical (unpaired) electrons. The van der Waals surface area contributed by atoms with Crippen molar-refractivity contribution >= 4 is 23.1 Å². The lowest BCUT2D eigenvalue weighted by molar-refractivity contribution is 1.09. The van der Waals surface area contributed by atoms with Gasteiger partial charge in [0.15, 0.2) is 0 Å². The number of rotatable bonds is 2. The predicted molar refractivity (Wildman–Crippen MR) is 65.8 cm³/mol. The molecule has 0 amide bonds. The van der Waals surface area contributed by atoms with Crippen molar-refractivity contribution in [2.24, 2.45) is 0 Å². The molecule has 0 spiro atoms. The summed E-state index contributed by atoms with van der Waals surface area (Å²) in [7, 11) is 0. The van der Waals surface area contributed by atoms with Gasteiger partial charge in [-0.3, -0.25) is 5.10 Å². The minimum atomic E-state index is 1.07. The molecule has 3 nitrogen and oxygen atoms in total. The number of fused-ring (bicyclic) bond motifs is 1. The molecule has 3 aromatic rings. The van der Waals surface area contributed by atoms with Crippen molar-refractivity contribution in [2.75, 3.05) is 0 Å². The highest BCUT2D eigenvalue weighted by Crippen LogP contribution is 2.16. The molecule has 0 aliphatic rings. The van der Waals surface area contributed by atoms with Gasteiger partial charge in [-0.25, -0.2) is 0 Å². The highest BCUT2D eigenvalue weighted by atomic mass is 15.1. The van der Waals surface area contributed by atoms with Crippen LogP contribution < -0.4 is 0 Å². The van der Waals surface area contributed by atoms with Crippen LogP contribution in [-0.4, -0.2) is 15.2 Å². The Balaban J connectivity index is 1.95. The van der Waals surface area contributed by atoms with Gasteiger partial charge in [0, 0.05) is 23.0 Å². The molecular formula is C13H11N3. The molecular weight excluding hydrogens is 198 g/mol. The molecule has 0 bridgehead atoms. The zero-order valence-electron chi connectivity index (χ0n) is 8.64. The van der Waals surface area contributed by atoms with Gasteiger partial charge in [0.05, 0.1) is 6.20 Å². The molecule has 78 valence electrons. The van der Waals surface area contributed by atoms with E-state index in [-0.39, 0.29) is 0 Å². The van der Waals surface area contributed by atoms with E-state index in [1.165, 1.54) is 5.39 Å². The Labute approximate surface area is 92.8 Å². The van der Waals surface area contributed by atoms with Gasteiger partial charge in [-0.15, -0.1) is 0 Å². The summed E-state index contributed by atoms with van der Waals surface area (Å²) >= 11 is 0. The highest BCUT2D eigenvalue weighted by Gasteiger charge is 1.96. The van der Waals surface area contributed by atoms with Crippen molar-refractivity contribution < 1.29 is 0 Å². The van der Waals surface area contributed by atoms with E-state index in [1.807, 2.05) is 30.5 Å². The maximum atomic E-state index is 3.89. The number of para-hydroxylation sites is 1. The molecule has 0 aliphatic heterocycles. The molecule has 0 aliphatic carbocycles. The summed E-state index contributed by atoms with van der Waals surface area (Å²) in [5.74, 6) is 0. The smallest absolute Gasteiger partial charge is 0.0559 e. The Morgan fingerprint density at radius 1 is 1.12 bits per heavy atom. The molecule has 0 fully saturated rings. The maximum Gasteiger partial charge on any atom is 0.0559 e. The van der Waals surface area contributed by atoms with Crippen LogP contribution >= 0.6 is 0 Å². The monoisotopic (exact) mass is 209 g/mol. The minimum Gasteiger partial charge on any atom is -0.355 e. The van der Waals surface area contributed by atoms with Crippen molar-refractivity contribution in [1.29, 1.82) is 0 Å². The van der Waals surface area contributed by atoms with E-state index in [9.17, 15) is 0 Å². The molecule has 3 rings (SSSR count). The summed E-state index contributed by atoms with van der Waals surface area (Å²) in [5, 5.41) is 7.90. The average molecular weight is 209 g/mol. The second-order valence-electron chi connectivity index (χ2n) is 3.68. The third kappa shape index (κ3) is 1.63. The van der Waals surface area contributed by atoms with E-state index in [4.69, 9.17) is 0 Å². The van der Waals surface area contributed by atoms with Gasteiger partial charge in [0.2, 0.25) is 0 Å². The quantitative estimate of drug-likeness (QED) is 0.669. The summed E-state index contributed by atoms with van der Waals surface area (Å²) < 4.78 is 0. The summed E-state index contributed by atoms with van der Waals surface area (Å²) in [6, 6.07) is 10.4. The van der Waals surface area contributed by atoms with Crippen LogP contribution in [0, 0.1) is 0 Å². The molecule has 1 aromatic carbocycles. The number of nitrogens with zero attached hydrogens (tertiary/aromatic N) is 1. The van der Waals surface area contributed by atoms with E-state index < -0.39 is 0 Å². The molecule has 2 N–H and O–H groups in total. The van der Waals surface area contributed by atoms with E-state index in [2.05, 4.69) is 33.4 Å². The van der Waals surface area contributed by atoms with Crippen LogP contribution in [0.3, 0.4) is 0 Å². The fourth-order valence-corrected chi connectivity index (χ4v) is 1.72. The van der Waals surface area contributed by atoms with Gasteiger partial charge >= 0.3 is 0 Å². The lowest BCUT2D eigenvalue weighted by atomic mass is 10.2. The molecule has 0 atom stereocenters. The number of benzene rings is 1. The van der Waals surface area contributed by atoms with Gasteiger partial charge in [-0.1, -0.05) is 18.2 Å². The normalized spacial score (nSPS) is 11.5. The predicted octanol–water partition coefficient (Wildman–Crippen LogP) is 3.06. The summed E-state index contributed by atoms with van der Waals surface area (Å²) in [4.78, 5) is 3.34. The number of hydrogen-bond donors (Lipinski definition) is 2. The number of nitrogens with one attached hydrogen (secondary N) is 2. The van der Waals surface area contributed by atoms with Gasteiger partial charge in [-0.2, -0.15) is 5.10 Å². The number of aromatic amines is 2. The second-order valence-corrected chi connectivity index (χ2v) is 3.68. The molecule has 16 heavy (non-hydrogen) atoms. The zero-order chi connectivity index (χ0) is 10.8. The van der Waals surface area contributed by atoms with Gasteiger partial charge in [-0.05, 0) is 29.7 Å². The first-order chi connectivity index (χ1) is 7.92. The van der Waals surface area contributed by atoms with Crippen LogP contribution in [0.5, 0.6) is 0 Å². The first kappa shape index (κ1) is 8.97. The Kier molecular flexibility index (Phi) is 2.07. The minimum absolute atomic E-state index is 1.07. The topological polar surface area (TPSA) is 44.5 Å². The summed E-state index contributed by atoms with van der Waals surface area (Å²) in [6.07, 6.45) is 7.72. The molecule has 0 saturated carbocycles. The van der Waals surface area contributed by atoms with Crippen LogP contribution in [-0.2, 0) is 0 Å². The fraction of sp³-hybridized carbons (Fsp3) is 0. The molecule has 0 saturated heterocycles. The Bertz CT molecular complexity index is 584. The number of hydrogen-bond acceptors (Lipinski definition) is 1. The number of H-pyrrole nitrogens is 2. The fourth-order valence-electron chi connectivity index (χ4n) is 1.72. The zero-order valence-corrected chi connectivity index (χ0v) is 8.64. The third-order valence-electron chi connectivity index (χ3n) is 2.53. The lowest BCUT2D eigenvalue weighted by Crippen LogP contribution is -1.68. The van der Waals surface area contributed by atoms with Gasteiger partial charge in [0.1, 0.15) is 0 Å². The largest absolute Gasteiger partial charge is 0.355 e. The Hall–Kier alpha value is -2.29. The van der Waals surface area contributed by atoms with E-state index >= 15 is 0 Å². The standard InChI is InChI=1S/C13H11N3/c1-2-4-13-11(3-1)7-12(16-13)6-5-10-8-14-15-9-10/h1-9,16H,(H,14,15)/b6-5+. The van der Waals surface area contributed by atoms with Gasteiger partial charge < -0.3 is 4.98 Å². The van der Waals surface area contributed by atoms with E-state index in [0.717, 1.165) is 16.8 Å². The van der Waals surface area contributed by atoms with Crippen LogP contribution in [0.2, 0.25) is 0 Å². The molecule has 3 heteroatoms. The Morgan fingerprint density at radius 2 is 2.06 bits per heavy atom. The van der Waals surface area contributed by atoms with E-state index in [0.29, 0.717) is 0 Å².